The summed E-state index contributed by atoms with van der Waals surface area (Å²) in [6.07, 6.45) is 13.5. The molecule has 1 aliphatic heterocycles. The Morgan fingerprint density at radius 2 is 1.56 bits per heavy atom. The molecule has 2 aromatic heterocycles. The molecule has 0 radical (unpaired) electrons. The molecular formula is C29H41Cl2FN8O. The normalized spacial score (nSPS) is 23.0. The Balaban J connectivity index is 0.00000194. The second kappa shape index (κ2) is 14.1. The van der Waals surface area contributed by atoms with E-state index in [0.29, 0.717) is 24.1 Å². The summed E-state index contributed by atoms with van der Waals surface area (Å²) >= 11 is 0. The van der Waals surface area contributed by atoms with Crippen molar-refractivity contribution < 1.29 is 9.18 Å². The highest BCUT2D eigenvalue weighted by Gasteiger charge is 2.28. The van der Waals surface area contributed by atoms with Gasteiger partial charge in [-0.05, 0) is 69.1 Å². The van der Waals surface area contributed by atoms with Crippen LogP contribution in [0.1, 0.15) is 81.9 Å². The number of benzene rings is 1. The lowest BCUT2D eigenvalue weighted by Gasteiger charge is -2.36. The van der Waals surface area contributed by atoms with Crippen molar-refractivity contribution in [3.05, 3.63) is 42.0 Å². The number of rotatable bonds is 8. The molecule has 2 aliphatic carbocycles. The minimum Gasteiger partial charge on any atom is -0.365 e. The van der Waals surface area contributed by atoms with Gasteiger partial charge in [0.1, 0.15) is 12.1 Å². The number of fused-ring (bicyclic) bond motifs is 1. The number of halogens is 3. The smallest absolute Gasteiger partial charge is 0.227 e. The van der Waals surface area contributed by atoms with Gasteiger partial charge in [0.15, 0.2) is 17.0 Å². The fourth-order valence-electron chi connectivity index (χ4n) is 6.53. The summed E-state index contributed by atoms with van der Waals surface area (Å²) in [6, 6.07) is 7.13. The zero-order valence-electron chi connectivity index (χ0n) is 23.3. The second-order valence-electron chi connectivity index (χ2n) is 11.5. The molecule has 0 bridgehead atoms. The van der Waals surface area contributed by atoms with E-state index < -0.39 is 0 Å². The third-order valence-electron chi connectivity index (χ3n) is 8.85. The van der Waals surface area contributed by atoms with Crippen LogP contribution in [0.2, 0.25) is 0 Å². The number of nitrogens with zero attached hydrogens (tertiary/aromatic N) is 5. The Hall–Kier alpha value is -2.53. The molecule has 224 valence electrons. The van der Waals surface area contributed by atoms with Gasteiger partial charge in [-0.25, -0.2) is 9.37 Å². The molecule has 3 aliphatic rings. The number of hydrogen-bond acceptors (Lipinski definition) is 8. The van der Waals surface area contributed by atoms with E-state index in [-0.39, 0.29) is 42.7 Å². The first-order chi connectivity index (χ1) is 19.1. The number of imidazole rings is 1. The highest BCUT2D eigenvalue weighted by Crippen LogP contribution is 2.34. The molecule has 3 heterocycles. The average Bonchev–Trinajstić information content (AvgIpc) is 3.63. The fraction of sp³-hybridized carbons (Fsp3) is 0.586. The van der Waals surface area contributed by atoms with Crippen LogP contribution >= 0.6 is 24.8 Å². The maximum atomic E-state index is 13.4. The molecule has 4 N–H and O–H groups in total. The molecule has 0 spiro atoms. The van der Waals surface area contributed by atoms with Gasteiger partial charge in [-0.1, -0.05) is 25.0 Å². The predicted molar refractivity (Wildman–Crippen MR) is 165 cm³/mol. The van der Waals surface area contributed by atoms with Crippen molar-refractivity contribution in [1.82, 2.24) is 24.4 Å². The van der Waals surface area contributed by atoms with E-state index in [4.69, 9.17) is 20.7 Å². The number of carbonyl (C=O) groups excluding carboxylic acids is 1. The Morgan fingerprint density at radius 1 is 0.902 bits per heavy atom. The summed E-state index contributed by atoms with van der Waals surface area (Å²) in [5.41, 5.74) is 8.66. The minimum absolute atomic E-state index is 0. The summed E-state index contributed by atoms with van der Waals surface area (Å²) in [5.74, 6) is 1.13. The van der Waals surface area contributed by atoms with Crippen molar-refractivity contribution in [1.29, 1.82) is 0 Å². The van der Waals surface area contributed by atoms with Gasteiger partial charge in [-0.15, -0.1) is 24.8 Å². The number of nitrogens with two attached hydrogens (primary N) is 1. The van der Waals surface area contributed by atoms with E-state index in [2.05, 4.69) is 20.1 Å². The first-order valence-electron chi connectivity index (χ1n) is 14.6. The summed E-state index contributed by atoms with van der Waals surface area (Å²) < 4.78 is 15.6. The third-order valence-corrected chi connectivity index (χ3v) is 8.85. The van der Waals surface area contributed by atoms with E-state index in [1.807, 2.05) is 6.33 Å². The maximum absolute atomic E-state index is 13.4. The highest BCUT2D eigenvalue weighted by molar-refractivity contribution is 5.86. The van der Waals surface area contributed by atoms with Gasteiger partial charge in [0.05, 0.1) is 12.4 Å². The van der Waals surface area contributed by atoms with Crippen molar-refractivity contribution in [2.75, 3.05) is 23.7 Å². The number of likely N-dealkylation sites (tertiary alicyclic amines) is 1. The number of aromatic nitrogens is 4. The Bertz CT molecular complexity index is 1270. The molecular weight excluding hydrogens is 566 g/mol. The zero-order chi connectivity index (χ0) is 26.8. The van der Waals surface area contributed by atoms with Crippen molar-refractivity contribution in [2.24, 2.45) is 5.73 Å². The highest BCUT2D eigenvalue weighted by atomic mass is 35.5. The summed E-state index contributed by atoms with van der Waals surface area (Å²) in [6.45, 7) is 1.52. The number of aldehydes is 1. The molecule has 1 unspecified atom stereocenters. The van der Waals surface area contributed by atoms with Crippen molar-refractivity contribution in [3.63, 3.8) is 0 Å². The third kappa shape index (κ3) is 7.10. The number of piperidine rings is 1. The van der Waals surface area contributed by atoms with E-state index in [1.54, 1.807) is 12.1 Å². The SMILES string of the molecule is Cl.Cl.NC1CCC(Nc2nc(NC3CCN(C(C=O)c4ccc(F)cc4)CC3)c3ncn(C4CCCC4)c3n2)CC1. The first-order valence-corrected chi connectivity index (χ1v) is 14.6. The zero-order valence-corrected chi connectivity index (χ0v) is 24.9. The summed E-state index contributed by atoms with van der Waals surface area (Å²) in [5, 5.41) is 7.28. The van der Waals surface area contributed by atoms with Gasteiger partial charge in [0.25, 0.3) is 0 Å². The van der Waals surface area contributed by atoms with Crippen molar-refractivity contribution in [2.45, 2.75) is 94.4 Å². The van der Waals surface area contributed by atoms with E-state index in [1.165, 1.54) is 25.0 Å². The molecule has 1 atom stereocenters. The maximum Gasteiger partial charge on any atom is 0.227 e. The van der Waals surface area contributed by atoms with Crippen molar-refractivity contribution >= 4 is 54.0 Å². The number of carbonyl (C=O) groups is 1. The van der Waals surface area contributed by atoms with Crippen LogP contribution in [-0.4, -0.2) is 61.9 Å². The van der Waals surface area contributed by atoms with Crippen LogP contribution in [0.4, 0.5) is 16.2 Å². The lowest BCUT2D eigenvalue weighted by atomic mass is 9.92. The van der Waals surface area contributed by atoms with Crippen LogP contribution in [-0.2, 0) is 4.79 Å². The van der Waals surface area contributed by atoms with Crippen LogP contribution < -0.4 is 16.4 Å². The fourth-order valence-corrected chi connectivity index (χ4v) is 6.53. The average molecular weight is 608 g/mol. The Labute approximate surface area is 253 Å². The first kappa shape index (κ1) is 31.4. The Morgan fingerprint density at radius 3 is 2.22 bits per heavy atom. The quantitative estimate of drug-likeness (QED) is 0.291. The van der Waals surface area contributed by atoms with E-state index in [9.17, 15) is 9.18 Å². The number of anilines is 2. The topological polar surface area (TPSA) is 114 Å². The molecule has 9 nitrogen and oxygen atoms in total. The molecule has 1 aromatic carbocycles. The van der Waals surface area contributed by atoms with Crippen LogP contribution in [0.25, 0.3) is 11.2 Å². The lowest BCUT2D eigenvalue weighted by Crippen LogP contribution is -2.41. The standard InChI is InChI=1S/C29H39FN8O.2ClH/c30-20-7-5-19(6-8-20)25(17-39)37-15-13-23(14-16-37)33-27-26-28(38(18-32-26)24-3-1-2-4-24)36-29(35-27)34-22-11-9-21(31)10-12-22;;/h5-8,17-18,21-25H,1-4,9-16,31H2,(H2,33,34,35,36);2*1H. The molecule has 2 saturated carbocycles. The van der Waals surface area contributed by atoms with Crippen LogP contribution in [0.5, 0.6) is 0 Å². The Kier molecular flexibility index (Phi) is 10.8. The monoisotopic (exact) mass is 606 g/mol. The largest absolute Gasteiger partial charge is 0.365 e. The van der Waals surface area contributed by atoms with Gasteiger partial charge in [-0.2, -0.15) is 9.97 Å². The molecule has 1 saturated heterocycles. The summed E-state index contributed by atoms with van der Waals surface area (Å²) in [7, 11) is 0. The molecule has 0 amide bonds. The molecule has 3 fully saturated rings. The number of hydrogen-bond donors (Lipinski definition) is 3. The van der Waals surface area contributed by atoms with Crippen LogP contribution in [0.15, 0.2) is 30.6 Å². The van der Waals surface area contributed by atoms with Gasteiger partial charge < -0.3 is 25.7 Å². The molecule has 3 aromatic rings. The summed E-state index contributed by atoms with van der Waals surface area (Å²) in [4.78, 5) is 28.8. The van der Waals surface area contributed by atoms with Gasteiger partial charge in [0, 0.05) is 37.3 Å². The molecule has 41 heavy (non-hydrogen) atoms. The van der Waals surface area contributed by atoms with Crippen LogP contribution in [0, 0.1) is 5.82 Å². The lowest BCUT2D eigenvalue weighted by molar-refractivity contribution is -0.113. The molecule has 6 rings (SSSR count). The van der Waals surface area contributed by atoms with E-state index in [0.717, 1.165) is 93.3 Å². The van der Waals surface area contributed by atoms with E-state index >= 15 is 0 Å². The van der Waals surface area contributed by atoms with Crippen LogP contribution in [0.3, 0.4) is 0 Å². The van der Waals surface area contributed by atoms with Crippen molar-refractivity contribution in [3.8, 4) is 0 Å². The number of nitrogens with one attached hydrogen (secondary N) is 2. The minimum atomic E-state index is -0.362. The second-order valence-corrected chi connectivity index (χ2v) is 11.5. The van der Waals surface area contributed by atoms with Gasteiger partial charge in [0.2, 0.25) is 5.95 Å². The predicted octanol–water partition coefficient (Wildman–Crippen LogP) is 5.42. The van der Waals surface area contributed by atoms with Gasteiger partial charge >= 0.3 is 0 Å². The molecule has 12 heteroatoms. The van der Waals surface area contributed by atoms with Gasteiger partial charge in [-0.3, -0.25) is 4.90 Å².